The number of anilines is 1. The molecule has 0 bridgehead atoms. The summed E-state index contributed by atoms with van der Waals surface area (Å²) < 4.78 is 2.35. The molecule has 1 aromatic heterocycles. The van der Waals surface area contributed by atoms with Gasteiger partial charge in [-0.3, -0.25) is 19.4 Å². The Balaban J connectivity index is 2.31. The van der Waals surface area contributed by atoms with Crippen molar-refractivity contribution < 1.29 is 0 Å². The standard InChI is InChI=1S/C14H15ClN4O2/c1-9(10-4-6-11(15)7-5-10)16-17-12-8-13(20)19(3)14(21)18(12)2/h4-8,17H,1-3H3/b16-9+. The van der Waals surface area contributed by atoms with Gasteiger partial charge in [-0.2, -0.15) is 5.10 Å². The zero-order valence-electron chi connectivity index (χ0n) is 11.9. The summed E-state index contributed by atoms with van der Waals surface area (Å²) in [6.45, 7) is 1.81. The SMILES string of the molecule is C/C(=N\Nc1cc(=O)n(C)c(=O)n1C)c1ccc(Cl)cc1. The fourth-order valence-electron chi connectivity index (χ4n) is 1.74. The van der Waals surface area contributed by atoms with Crippen LogP contribution in [0.3, 0.4) is 0 Å². The minimum absolute atomic E-state index is 0.330. The third-order valence-electron chi connectivity index (χ3n) is 3.13. The van der Waals surface area contributed by atoms with Crippen LogP contribution in [0.2, 0.25) is 5.02 Å². The van der Waals surface area contributed by atoms with Crippen LogP contribution in [0.4, 0.5) is 5.82 Å². The van der Waals surface area contributed by atoms with Crippen molar-refractivity contribution in [3.05, 3.63) is 61.8 Å². The highest BCUT2D eigenvalue weighted by atomic mass is 35.5. The highest BCUT2D eigenvalue weighted by Gasteiger charge is 2.05. The molecule has 0 atom stereocenters. The van der Waals surface area contributed by atoms with Crippen LogP contribution in [0.25, 0.3) is 0 Å². The quantitative estimate of drug-likeness (QED) is 0.691. The molecular formula is C14H15ClN4O2. The maximum Gasteiger partial charge on any atom is 0.332 e. The molecule has 0 unspecified atom stereocenters. The topological polar surface area (TPSA) is 68.4 Å². The zero-order valence-corrected chi connectivity index (χ0v) is 12.7. The summed E-state index contributed by atoms with van der Waals surface area (Å²) in [5.41, 5.74) is 3.54. The van der Waals surface area contributed by atoms with Crippen molar-refractivity contribution in [2.75, 3.05) is 5.43 Å². The molecule has 110 valence electrons. The third-order valence-corrected chi connectivity index (χ3v) is 3.38. The highest BCUT2D eigenvalue weighted by molar-refractivity contribution is 6.30. The van der Waals surface area contributed by atoms with Crippen LogP contribution in [0.15, 0.2) is 45.0 Å². The van der Waals surface area contributed by atoms with E-state index in [-0.39, 0.29) is 5.56 Å². The van der Waals surface area contributed by atoms with E-state index in [1.165, 1.54) is 17.7 Å². The molecule has 0 saturated heterocycles. The number of benzene rings is 1. The van der Waals surface area contributed by atoms with Crippen molar-refractivity contribution in [1.29, 1.82) is 0 Å². The van der Waals surface area contributed by atoms with Gasteiger partial charge < -0.3 is 0 Å². The Hall–Kier alpha value is -2.34. The average molecular weight is 307 g/mol. The summed E-state index contributed by atoms with van der Waals surface area (Å²) in [4.78, 5) is 23.4. The number of nitrogens with one attached hydrogen (secondary N) is 1. The van der Waals surface area contributed by atoms with Crippen LogP contribution in [0.1, 0.15) is 12.5 Å². The summed E-state index contributed by atoms with van der Waals surface area (Å²) in [5, 5.41) is 4.83. The van der Waals surface area contributed by atoms with E-state index in [2.05, 4.69) is 10.5 Å². The second-order valence-electron chi connectivity index (χ2n) is 4.58. The molecule has 0 aliphatic rings. The van der Waals surface area contributed by atoms with Crippen molar-refractivity contribution in [3.63, 3.8) is 0 Å². The molecule has 1 N–H and O–H groups in total. The lowest BCUT2D eigenvalue weighted by atomic mass is 10.1. The van der Waals surface area contributed by atoms with Gasteiger partial charge in [-0.1, -0.05) is 23.7 Å². The molecule has 0 aliphatic heterocycles. The predicted molar refractivity (Wildman–Crippen MR) is 84.2 cm³/mol. The van der Waals surface area contributed by atoms with Gasteiger partial charge in [0.2, 0.25) is 0 Å². The minimum atomic E-state index is -0.413. The lowest BCUT2D eigenvalue weighted by molar-refractivity contribution is 0.690. The van der Waals surface area contributed by atoms with Crippen molar-refractivity contribution in [3.8, 4) is 0 Å². The number of hydrogen-bond acceptors (Lipinski definition) is 4. The fraction of sp³-hybridized carbons (Fsp3) is 0.214. The number of hydrogen-bond donors (Lipinski definition) is 1. The van der Waals surface area contributed by atoms with Gasteiger partial charge in [-0.15, -0.1) is 0 Å². The van der Waals surface area contributed by atoms with Crippen LogP contribution >= 0.6 is 11.6 Å². The van der Waals surface area contributed by atoms with Gasteiger partial charge in [-0.05, 0) is 24.6 Å². The van der Waals surface area contributed by atoms with Gasteiger partial charge in [0.25, 0.3) is 5.56 Å². The Kier molecular flexibility index (Phi) is 4.28. The van der Waals surface area contributed by atoms with E-state index in [1.807, 2.05) is 19.1 Å². The van der Waals surface area contributed by atoms with Crippen LogP contribution < -0.4 is 16.7 Å². The maximum atomic E-state index is 11.8. The lowest BCUT2D eigenvalue weighted by Gasteiger charge is -2.09. The van der Waals surface area contributed by atoms with Crippen LogP contribution in [0, 0.1) is 0 Å². The number of aromatic nitrogens is 2. The number of nitrogens with zero attached hydrogens (tertiary/aromatic N) is 3. The molecule has 0 radical (unpaired) electrons. The van der Waals surface area contributed by atoms with Gasteiger partial charge >= 0.3 is 5.69 Å². The summed E-state index contributed by atoms with van der Waals surface area (Å²) in [7, 11) is 2.99. The first-order valence-electron chi connectivity index (χ1n) is 6.23. The molecule has 7 heteroatoms. The van der Waals surface area contributed by atoms with Crippen molar-refractivity contribution in [2.45, 2.75) is 6.92 Å². The second-order valence-corrected chi connectivity index (χ2v) is 5.02. The zero-order chi connectivity index (χ0) is 15.6. The average Bonchev–Trinajstić information content (AvgIpc) is 2.48. The molecule has 1 heterocycles. The van der Waals surface area contributed by atoms with E-state index >= 15 is 0 Å². The van der Waals surface area contributed by atoms with Crippen molar-refractivity contribution >= 4 is 23.1 Å². The maximum absolute atomic E-state index is 11.8. The number of hydrazone groups is 1. The molecule has 0 spiro atoms. The first-order chi connectivity index (χ1) is 9.90. The van der Waals surface area contributed by atoms with Crippen LogP contribution in [0.5, 0.6) is 0 Å². The monoisotopic (exact) mass is 306 g/mol. The Labute approximate surface area is 126 Å². The smallest absolute Gasteiger partial charge is 0.281 e. The first-order valence-corrected chi connectivity index (χ1v) is 6.61. The normalized spacial score (nSPS) is 11.5. The molecule has 2 aromatic rings. The van der Waals surface area contributed by atoms with Gasteiger partial charge in [0.15, 0.2) is 0 Å². The minimum Gasteiger partial charge on any atom is -0.281 e. The third kappa shape index (κ3) is 3.22. The summed E-state index contributed by atoms with van der Waals surface area (Å²) in [6.07, 6.45) is 0. The molecule has 0 aliphatic carbocycles. The van der Waals surface area contributed by atoms with Gasteiger partial charge in [0.05, 0.1) is 5.71 Å². The first kappa shape index (κ1) is 15.1. The molecule has 0 fully saturated rings. The Bertz CT molecular complexity index is 803. The van der Waals surface area contributed by atoms with E-state index in [0.717, 1.165) is 10.1 Å². The lowest BCUT2D eigenvalue weighted by Crippen LogP contribution is -2.37. The summed E-state index contributed by atoms with van der Waals surface area (Å²) in [6, 6.07) is 8.53. The molecule has 6 nitrogen and oxygen atoms in total. The van der Waals surface area contributed by atoms with Crippen LogP contribution in [-0.4, -0.2) is 14.8 Å². The Morgan fingerprint density at radius 3 is 2.38 bits per heavy atom. The number of rotatable bonds is 3. The largest absolute Gasteiger partial charge is 0.332 e. The molecule has 21 heavy (non-hydrogen) atoms. The van der Waals surface area contributed by atoms with Gasteiger partial charge in [0, 0.05) is 25.2 Å². The second kappa shape index (κ2) is 5.97. The Morgan fingerprint density at radius 2 is 1.76 bits per heavy atom. The molecular weight excluding hydrogens is 292 g/mol. The van der Waals surface area contributed by atoms with E-state index in [0.29, 0.717) is 16.6 Å². The van der Waals surface area contributed by atoms with E-state index in [4.69, 9.17) is 11.6 Å². The van der Waals surface area contributed by atoms with E-state index < -0.39 is 5.69 Å². The summed E-state index contributed by atoms with van der Waals surface area (Å²) in [5.74, 6) is 0.330. The molecule has 2 rings (SSSR count). The van der Waals surface area contributed by atoms with Crippen LogP contribution in [-0.2, 0) is 14.1 Å². The van der Waals surface area contributed by atoms with Crippen molar-refractivity contribution in [2.24, 2.45) is 19.2 Å². The van der Waals surface area contributed by atoms with E-state index in [9.17, 15) is 9.59 Å². The molecule has 0 amide bonds. The molecule has 0 saturated carbocycles. The number of halogens is 1. The Morgan fingerprint density at radius 1 is 1.14 bits per heavy atom. The fourth-order valence-corrected chi connectivity index (χ4v) is 1.86. The van der Waals surface area contributed by atoms with Gasteiger partial charge in [0.1, 0.15) is 5.82 Å². The summed E-state index contributed by atoms with van der Waals surface area (Å²) >= 11 is 5.83. The predicted octanol–water partition coefficient (Wildman–Crippen LogP) is 1.57. The molecule has 1 aromatic carbocycles. The highest BCUT2D eigenvalue weighted by Crippen LogP contribution is 2.10. The van der Waals surface area contributed by atoms with Crippen molar-refractivity contribution in [1.82, 2.24) is 9.13 Å². The van der Waals surface area contributed by atoms with Gasteiger partial charge in [-0.25, -0.2) is 4.79 Å². The van der Waals surface area contributed by atoms with E-state index in [1.54, 1.807) is 19.2 Å².